The van der Waals surface area contributed by atoms with Crippen LogP contribution >= 0.6 is 0 Å². The second kappa shape index (κ2) is 6.90. The van der Waals surface area contributed by atoms with E-state index in [-0.39, 0.29) is 6.09 Å². The molecule has 2 aromatic heterocycles. The summed E-state index contributed by atoms with van der Waals surface area (Å²) in [5, 5.41) is 4.63. The maximum absolute atomic E-state index is 12.2. The fourth-order valence-corrected chi connectivity index (χ4v) is 3.20. The first-order valence-electron chi connectivity index (χ1n) is 8.81. The molecular weight excluding hydrogens is 318 g/mol. The molecule has 3 rings (SSSR count). The standard InChI is InChI=1S/C18H27N5O2/c1-18(2,3)25-17(24)21(4)12-14-6-5-10-22(13-14)16-8-7-15-19-9-11-23(15)20-16/h7-9,11,14H,5-6,10,12-13H2,1-4H3/t14-/m1/s1. The van der Waals surface area contributed by atoms with Crippen LogP contribution in [0.3, 0.4) is 0 Å². The van der Waals surface area contributed by atoms with Crippen LogP contribution in [0.4, 0.5) is 10.6 Å². The minimum absolute atomic E-state index is 0.261. The Balaban J connectivity index is 1.61. The minimum Gasteiger partial charge on any atom is -0.444 e. The number of carbonyl (C=O) groups excluding carboxylic acids is 1. The lowest BCUT2D eigenvalue weighted by Gasteiger charge is -2.35. The summed E-state index contributed by atoms with van der Waals surface area (Å²) in [5.41, 5.74) is 0.385. The fourth-order valence-electron chi connectivity index (χ4n) is 3.20. The molecule has 0 radical (unpaired) electrons. The average Bonchev–Trinajstić information content (AvgIpc) is 3.01. The maximum atomic E-state index is 12.2. The topological polar surface area (TPSA) is 63.0 Å². The predicted molar refractivity (Wildman–Crippen MR) is 96.8 cm³/mol. The molecule has 0 spiro atoms. The summed E-state index contributed by atoms with van der Waals surface area (Å²) < 4.78 is 7.24. The van der Waals surface area contributed by atoms with Crippen LogP contribution in [0.15, 0.2) is 24.5 Å². The van der Waals surface area contributed by atoms with Crippen LogP contribution in [-0.2, 0) is 4.74 Å². The van der Waals surface area contributed by atoms with E-state index in [1.54, 1.807) is 15.6 Å². The van der Waals surface area contributed by atoms with E-state index in [1.165, 1.54) is 0 Å². The van der Waals surface area contributed by atoms with Crippen molar-refractivity contribution in [1.82, 2.24) is 19.5 Å². The lowest BCUT2D eigenvalue weighted by Crippen LogP contribution is -2.43. The normalized spacial score (nSPS) is 18.4. The van der Waals surface area contributed by atoms with Crippen molar-refractivity contribution in [1.29, 1.82) is 0 Å². The quantitative estimate of drug-likeness (QED) is 0.856. The second-order valence-corrected chi connectivity index (χ2v) is 7.74. The summed E-state index contributed by atoms with van der Waals surface area (Å²) in [6.45, 7) is 8.23. The van der Waals surface area contributed by atoms with Gasteiger partial charge in [-0.25, -0.2) is 14.3 Å². The van der Waals surface area contributed by atoms with E-state index in [2.05, 4.69) is 15.0 Å². The fraction of sp³-hybridized carbons (Fsp3) is 0.611. The second-order valence-electron chi connectivity index (χ2n) is 7.74. The molecule has 1 saturated heterocycles. The van der Waals surface area contributed by atoms with Crippen molar-refractivity contribution in [3.63, 3.8) is 0 Å². The van der Waals surface area contributed by atoms with Crippen molar-refractivity contribution in [3.05, 3.63) is 24.5 Å². The Morgan fingerprint density at radius 3 is 2.96 bits per heavy atom. The largest absolute Gasteiger partial charge is 0.444 e. The van der Waals surface area contributed by atoms with Crippen LogP contribution in [0.2, 0.25) is 0 Å². The number of carbonyl (C=O) groups is 1. The number of fused-ring (bicyclic) bond motifs is 1. The molecule has 1 fully saturated rings. The molecule has 0 aromatic carbocycles. The van der Waals surface area contributed by atoms with Crippen LogP contribution < -0.4 is 4.90 Å². The minimum atomic E-state index is -0.464. The third kappa shape index (κ3) is 4.41. The highest BCUT2D eigenvalue weighted by atomic mass is 16.6. The summed E-state index contributed by atoms with van der Waals surface area (Å²) in [6.07, 6.45) is 5.55. The van der Waals surface area contributed by atoms with Gasteiger partial charge in [-0.2, -0.15) is 0 Å². The summed E-state index contributed by atoms with van der Waals surface area (Å²) >= 11 is 0. The molecule has 1 aliphatic rings. The highest BCUT2D eigenvalue weighted by Crippen LogP contribution is 2.23. The molecule has 136 valence electrons. The number of anilines is 1. The third-order valence-electron chi connectivity index (χ3n) is 4.32. The van der Waals surface area contributed by atoms with E-state index in [9.17, 15) is 4.79 Å². The van der Waals surface area contributed by atoms with Gasteiger partial charge in [-0.3, -0.25) is 0 Å². The van der Waals surface area contributed by atoms with E-state index in [4.69, 9.17) is 4.74 Å². The smallest absolute Gasteiger partial charge is 0.410 e. The number of aromatic nitrogens is 3. The van der Waals surface area contributed by atoms with E-state index < -0.39 is 5.60 Å². The van der Waals surface area contributed by atoms with Gasteiger partial charge in [0.15, 0.2) is 5.65 Å². The molecule has 1 amide bonds. The Hall–Kier alpha value is -2.31. The average molecular weight is 345 g/mol. The van der Waals surface area contributed by atoms with Crippen molar-refractivity contribution < 1.29 is 9.53 Å². The molecular formula is C18H27N5O2. The van der Waals surface area contributed by atoms with Gasteiger partial charge in [-0.05, 0) is 51.7 Å². The van der Waals surface area contributed by atoms with Crippen molar-refractivity contribution in [2.24, 2.45) is 5.92 Å². The molecule has 0 N–H and O–H groups in total. The first kappa shape index (κ1) is 17.5. The molecule has 0 saturated carbocycles. The number of hydrogen-bond donors (Lipinski definition) is 0. The van der Waals surface area contributed by atoms with Crippen LogP contribution in [0.25, 0.3) is 5.65 Å². The van der Waals surface area contributed by atoms with Gasteiger partial charge < -0.3 is 14.5 Å². The molecule has 7 nitrogen and oxygen atoms in total. The Kier molecular flexibility index (Phi) is 4.83. The zero-order valence-electron chi connectivity index (χ0n) is 15.5. The van der Waals surface area contributed by atoms with Gasteiger partial charge in [0.25, 0.3) is 0 Å². The van der Waals surface area contributed by atoms with Crippen LogP contribution in [0.1, 0.15) is 33.6 Å². The van der Waals surface area contributed by atoms with Crippen LogP contribution in [0.5, 0.6) is 0 Å². The number of amides is 1. The predicted octanol–water partition coefficient (Wildman–Crippen LogP) is 2.81. The number of ether oxygens (including phenoxy) is 1. The SMILES string of the molecule is CN(C[C@H]1CCCN(c2ccc3nccn3n2)C1)C(=O)OC(C)(C)C. The van der Waals surface area contributed by atoms with Gasteiger partial charge in [0.1, 0.15) is 11.4 Å². The third-order valence-corrected chi connectivity index (χ3v) is 4.32. The Morgan fingerprint density at radius 1 is 1.40 bits per heavy atom. The summed E-state index contributed by atoms with van der Waals surface area (Å²) in [5.74, 6) is 1.36. The molecule has 25 heavy (non-hydrogen) atoms. The molecule has 1 atom stereocenters. The molecule has 3 heterocycles. The maximum Gasteiger partial charge on any atom is 0.410 e. The zero-order chi connectivity index (χ0) is 18.0. The zero-order valence-corrected chi connectivity index (χ0v) is 15.5. The lowest BCUT2D eigenvalue weighted by atomic mass is 9.97. The van der Waals surface area contributed by atoms with Gasteiger partial charge in [-0.1, -0.05) is 0 Å². The number of rotatable bonds is 3. The number of nitrogens with zero attached hydrogens (tertiary/aromatic N) is 5. The molecule has 0 bridgehead atoms. The first-order valence-corrected chi connectivity index (χ1v) is 8.81. The van der Waals surface area contributed by atoms with Crippen LogP contribution in [0, 0.1) is 5.92 Å². The first-order chi connectivity index (χ1) is 11.8. The van der Waals surface area contributed by atoms with E-state index in [1.807, 2.05) is 46.1 Å². The van der Waals surface area contributed by atoms with Gasteiger partial charge in [0, 0.05) is 39.1 Å². The van der Waals surface area contributed by atoms with E-state index >= 15 is 0 Å². The Morgan fingerprint density at radius 2 is 2.20 bits per heavy atom. The number of piperidine rings is 1. The van der Waals surface area contributed by atoms with Crippen molar-refractivity contribution in [3.8, 4) is 0 Å². The Labute approximate surface area is 148 Å². The Bertz CT molecular complexity index is 736. The monoisotopic (exact) mass is 345 g/mol. The summed E-state index contributed by atoms with van der Waals surface area (Å²) in [7, 11) is 1.81. The van der Waals surface area contributed by atoms with Crippen molar-refractivity contribution in [2.75, 3.05) is 31.6 Å². The van der Waals surface area contributed by atoms with E-state index in [0.29, 0.717) is 12.5 Å². The molecule has 0 unspecified atom stereocenters. The number of imidazole rings is 1. The molecule has 2 aromatic rings. The van der Waals surface area contributed by atoms with Gasteiger partial charge in [0.2, 0.25) is 0 Å². The summed E-state index contributed by atoms with van der Waals surface area (Å²) in [6, 6.07) is 4.00. The van der Waals surface area contributed by atoms with E-state index in [0.717, 1.165) is 37.4 Å². The van der Waals surface area contributed by atoms with Gasteiger partial charge in [-0.15, -0.1) is 5.10 Å². The highest BCUT2D eigenvalue weighted by Gasteiger charge is 2.26. The lowest BCUT2D eigenvalue weighted by molar-refractivity contribution is 0.0269. The van der Waals surface area contributed by atoms with Gasteiger partial charge >= 0.3 is 6.09 Å². The highest BCUT2D eigenvalue weighted by molar-refractivity contribution is 5.67. The summed E-state index contributed by atoms with van der Waals surface area (Å²) in [4.78, 5) is 20.4. The number of hydrogen-bond acceptors (Lipinski definition) is 5. The van der Waals surface area contributed by atoms with Crippen molar-refractivity contribution >= 4 is 17.6 Å². The molecule has 7 heteroatoms. The van der Waals surface area contributed by atoms with Gasteiger partial charge in [0.05, 0.1) is 0 Å². The molecule has 1 aliphatic heterocycles. The van der Waals surface area contributed by atoms with Crippen molar-refractivity contribution in [2.45, 2.75) is 39.2 Å². The molecule has 0 aliphatic carbocycles. The van der Waals surface area contributed by atoms with Crippen LogP contribution in [-0.4, -0.2) is 57.9 Å².